The first-order valence-electron chi connectivity index (χ1n) is 12.0. The average Bonchev–Trinajstić information content (AvgIpc) is 3.50. The number of aromatic nitrogens is 8. The van der Waals surface area contributed by atoms with E-state index in [1.165, 1.54) is 31.8 Å². The maximum atomic E-state index is 3.81. The molecule has 0 aliphatic heterocycles. The molecular formula is C29H40N8. The Morgan fingerprint density at radius 2 is 0.919 bits per heavy atom. The third-order valence-electron chi connectivity index (χ3n) is 4.94. The quantitative estimate of drug-likeness (QED) is 0.309. The summed E-state index contributed by atoms with van der Waals surface area (Å²) in [6.45, 7) is 7.94. The number of aryl methyl sites for hydroxylation is 6. The molecule has 0 amide bonds. The minimum atomic E-state index is 0. The van der Waals surface area contributed by atoms with Gasteiger partial charge in [0.2, 0.25) is 0 Å². The maximum absolute atomic E-state index is 3.81. The fourth-order valence-corrected chi connectivity index (χ4v) is 3.03. The molecule has 3 aromatic carbocycles. The van der Waals surface area contributed by atoms with Crippen molar-refractivity contribution in [1.82, 2.24) is 40.4 Å². The minimum Gasteiger partial charge on any atom is -0.167 e. The van der Waals surface area contributed by atoms with E-state index in [9.17, 15) is 0 Å². The minimum absolute atomic E-state index is 0. The highest BCUT2D eigenvalue weighted by Crippen LogP contribution is 2.19. The van der Waals surface area contributed by atoms with Gasteiger partial charge in [-0.1, -0.05) is 106 Å². The second-order valence-corrected chi connectivity index (χ2v) is 7.91. The van der Waals surface area contributed by atoms with E-state index in [2.05, 4.69) is 117 Å². The van der Waals surface area contributed by atoms with Gasteiger partial charge in [-0.25, -0.2) is 0 Å². The van der Waals surface area contributed by atoms with Crippen molar-refractivity contribution in [2.45, 2.75) is 48.0 Å². The van der Waals surface area contributed by atoms with Gasteiger partial charge in [-0.2, -0.15) is 9.59 Å². The molecule has 5 rings (SSSR count). The number of hydrogen-bond donors (Lipinski definition) is 0. The molecule has 0 N–H and O–H groups in total. The molecule has 0 radical (unpaired) electrons. The lowest BCUT2D eigenvalue weighted by atomic mass is 10.0. The fourth-order valence-electron chi connectivity index (χ4n) is 3.03. The molecule has 0 atom stereocenters. The van der Waals surface area contributed by atoms with Gasteiger partial charge >= 0.3 is 0 Å². The third kappa shape index (κ3) is 12.4. The van der Waals surface area contributed by atoms with Gasteiger partial charge in [-0.15, -0.1) is 20.4 Å². The summed E-state index contributed by atoms with van der Waals surface area (Å²) in [5.74, 6) is 1.42. The van der Waals surface area contributed by atoms with Crippen LogP contribution in [0.3, 0.4) is 0 Å². The van der Waals surface area contributed by atoms with E-state index in [0.29, 0.717) is 11.6 Å². The summed E-state index contributed by atoms with van der Waals surface area (Å²) in [5, 5.41) is 22.0. The Morgan fingerprint density at radius 1 is 0.541 bits per heavy atom. The van der Waals surface area contributed by atoms with Gasteiger partial charge in [-0.3, -0.25) is 0 Å². The van der Waals surface area contributed by atoms with E-state index in [-0.39, 0.29) is 7.43 Å². The molecule has 0 fully saturated rings. The molecule has 8 nitrogen and oxygen atoms in total. The lowest BCUT2D eigenvalue weighted by Crippen LogP contribution is -1.91. The molecule has 0 aliphatic rings. The Kier molecular flexibility index (Phi) is 14.4. The van der Waals surface area contributed by atoms with Gasteiger partial charge in [0.25, 0.3) is 0 Å². The highest BCUT2D eigenvalue weighted by Gasteiger charge is 1.95. The molecular weight excluding hydrogens is 460 g/mol. The van der Waals surface area contributed by atoms with Gasteiger partial charge in [0.05, 0.1) is 14.1 Å². The number of benzene rings is 3. The predicted octanol–water partition coefficient (Wildman–Crippen LogP) is 5.84. The summed E-state index contributed by atoms with van der Waals surface area (Å²) in [6, 6.07) is 29.7. The lowest BCUT2D eigenvalue weighted by molar-refractivity contribution is 0.628. The summed E-state index contributed by atoms with van der Waals surface area (Å²) in [4.78, 5) is 2.85. The highest BCUT2D eigenvalue weighted by atomic mass is 15.6. The average molecular weight is 501 g/mol. The SMILES string of the molecule is C.CCc1ccc(-c2ccccc2)cc1.CCc1ccccc1.Cc1nnn(C)n1.Cc1nnn(C)n1. The normalized spacial score (nSPS) is 9.35. The topological polar surface area (TPSA) is 87.2 Å². The van der Waals surface area contributed by atoms with Crippen molar-refractivity contribution in [1.29, 1.82) is 0 Å². The Bertz CT molecular complexity index is 1160. The van der Waals surface area contributed by atoms with Crippen LogP contribution in [0.2, 0.25) is 0 Å². The first-order chi connectivity index (χ1) is 17.4. The Morgan fingerprint density at radius 3 is 1.22 bits per heavy atom. The molecule has 0 saturated carbocycles. The summed E-state index contributed by atoms with van der Waals surface area (Å²) < 4.78 is 0. The molecule has 37 heavy (non-hydrogen) atoms. The van der Waals surface area contributed by atoms with Crippen LogP contribution in [0.25, 0.3) is 11.1 Å². The van der Waals surface area contributed by atoms with Crippen molar-refractivity contribution >= 4 is 0 Å². The Balaban J connectivity index is 0.000000258. The summed E-state index contributed by atoms with van der Waals surface area (Å²) in [7, 11) is 3.47. The van der Waals surface area contributed by atoms with E-state index >= 15 is 0 Å². The zero-order valence-corrected chi connectivity index (χ0v) is 22.1. The Hall–Kier alpha value is -4.20. The number of hydrogen-bond acceptors (Lipinski definition) is 6. The van der Waals surface area contributed by atoms with Crippen molar-refractivity contribution < 1.29 is 0 Å². The molecule has 2 aromatic heterocycles. The highest BCUT2D eigenvalue weighted by molar-refractivity contribution is 5.63. The molecule has 5 aromatic rings. The van der Waals surface area contributed by atoms with Crippen LogP contribution in [0.5, 0.6) is 0 Å². The van der Waals surface area contributed by atoms with Crippen molar-refractivity contribution in [2.24, 2.45) is 14.1 Å². The summed E-state index contributed by atoms with van der Waals surface area (Å²) in [6.07, 6.45) is 2.25. The first-order valence-corrected chi connectivity index (χ1v) is 12.0. The van der Waals surface area contributed by atoms with Crippen molar-refractivity contribution in [2.75, 3.05) is 0 Å². The standard InChI is InChI=1S/C14H14.C8H10.2C3H6N4.CH4/c1-2-12-8-10-14(11-9-12)13-6-4-3-5-7-13;1-2-8-6-4-3-5-7-8;2*1-3-4-6-7(2)5-3;/h3-11H,2H2,1H3;3-7H,2H2,1H3;2*1-2H3;1H4. The van der Waals surface area contributed by atoms with E-state index in [1.807, 2.05) is 12.1 Å². The smallest absolute Gasteiger partial charge is 0.167 e. The molecule has 0 aliphatic carbocycles. The number of tetrazole rings is 2. The predicted molar refractivity (Wildman–Crippen MR) is 151 cm³/mol. The van der Waals surface area contributed by atoms with E-state index < -0.39 is 0 Å². The second kappa shape index (κ2) is 17.3. The van der Waals surface area contributed by atoms with E-state index in [4.69, 9.17) is 0 Å². The second-order valence-electron chi connectivity index (χ2n) is 7.91. The van der Waals surface area contributed by atoms with Crippen LogP contribution < -0.4 is 0 Å². The zero-order valence-electron chi connectivity index (χ0n) is 22.1. The number of nitrogens with zero attached hydrogens (tertiary/aromatic N) is 8. The van der Waals surface area contributed by atoms with Crippen LogP contribution >= 0.6 is 0 Å². The van der Waals surface area contributed by atoms with E-state index in [0.717, 1.165) is 12.8 Å². The largest absolute Gasteiger partial charge is 0.171 e. The van der Waals surface area contributed by atoms with Crippen LogP contribution in [0.4, 0.5) is 0 Å². The van der Waals surface area contributed by atoms with Gasteiger partial charge < -0.3 is 0 Å². The van der Waals surface area contributed by atoms with Gasteiger partial charge in [0, 0.05) is 0 Å². The maximum Gasteiger partial charge on any atom is 0.171 e. The lowest BCUT2D eigenvalue weighted by Gasteiger charge is -2.02. The molecule has 0 saturated heterocycles. The monoisotopic (exact) mass is 500 g/mol. The molecule has 196 valence electrons. The van der Waals surface area contributed by atoms with Crippen molar-refractivity contribution in [3.05, 3.63) is 108 Å². The van der Waals surface area contributed by atoms with Crippen LogP contribution in [0.1, 0.15) is 44.0 Å². The van der Waals surface area contributed by atoms with Crippen molar-refractivity contribution in [3.8, 4) is 11.1 Å². The molecule has 8 heteroatoms. The van der Waals surface area contributed by atoms with Crippen LogP contribution in [-0.2, 0) is 26.9 Å². The molecule has 0 spiro atoms. The molecule has 0 unspecified atom stereocenters. The zero-order chi connectivity index (χ0) is 26.2. The number of rotatable bonds is 3. The summed E-state index contributed by atoms with van der Waals surface area (Å²) >= 11 is 0. The summed E-state index contributed by atoms with van der Waals surface area (Å²) in [5.41, 5.74) is 5.38. The van der Waals surface area contributed by atoms with Gasteiger partial charge in [0.15, 0.2) is 11.6 Å². The van der Waals surface area contributed by atoms with E-state index in [1.54, 1.807) is 27.9 Å². The van der Waals surface area contributed by atoms with Crippen LogP contribution in [-0.4, -0.2) is 40.4 Å². The first kappa shape index (κ1) is 30.8. The molecule has 2 heterocycles. The molecule has 0 bridgehead atoms. The van der Waals surface area contributed by atoms with Crippen LogP contribution in [0, 0.1) is 13.8 Å². The van der Waals surface area contributed by atoms with Crippen LogP contribution in [0.15, 0.2) is 84.9 Å². The fraction of sp³-hybridized carbons (Fsp3) is 0.310. The third-order valence-corrected chi connectivity index (χ3v) is 4.94. The van der Waals surface area contributed by atoms with Crippen molar-refractivity contribution in [3.63, 3.8) is 0 Å². The Labute approximate surface area is 221 Å². The van der Waals surface area contributed by atoms with Gasteiger partial charge in [-0.05, 0) is 59.4 Å². The van der Waals surface area contributed by atoms with Gasteiger partial charge in [0.1, 0.15) is 0 Å².